The fourth-order valence-corrected chi connectivity index (χ4v) is 2.72. The SMILES string of the molecule is O=C1CN(C(=O)C2CCC(C(F)(F)F)CC2)CC(=O)N1. The fraction of sp³-hybridized carbons (Fsp3) is 0.750. The highest BCUT2D eigenvalue weighted by atomic mass is 19.4. The zero-order chi connectivity index (χ0) is 14.9. The van der Waals surface area contributed by atoms with Gasteiger partial charge in [-0.05, 0) is 25.7 Å². The highest BCUT2D eigenvalue weighted by Crippen LogP contribution is 2.39. The number of nitrogens with one attached hydrogen (secondary N) is 1. The summed E-state index contributed by atoms with van der Waals surface area (Å²) in [6.45, 7) is -0.409. The largest absolute Gasteiger partial charge is 0.391 e. The molecule has 0 bridgehead atoms. The van der Waals surface area contributed by atoms with Crippen molar-refractivity contribution in [3.8, 4) is 0 Å². The number of hydrogen-bond acceptors (Lipinski definition) is 3. The molecule has 1 heterocycles. The molecule has 3 amide bonds. The van der Waals surface area contributed by atoms with Crippen LogP contribution in [0, 0.1) is 11.8 Å². The van der Waals surface area contributed by atoms with Crippen LogP contribution >= 0.6 is 0 Å². The van der Waals surface area contributed by atoms with Crippen molar-refractivity contribution in [2.45, 2.75) is 31.9 Å². The minimum Gasteiger partial charge on any atom is -0.324 e. The Labute approximate surface area is 113 Å². The van der Waals surface area contributed by atoms with E-state index in [2.05, 4.69) is 5.32 Å². The number of carbonyl (C=O) groups is 3. The van der Waals surface area contributed by atoms with Crippen LogP contribution in [0.5, 0.6) is 0 Å². The molecule has 0 aromatic carbocycles. The molecule has 112 valence electrons. The molecule has 0 atom stereocenters. The van der Waals surface area contributed by atoms with E-state index in [1.807, 2.05) is 0 Å². The maximum Gasteiger partial charge on any atom is 0.391 e. The Kier molecular flexibility index (Phi) is 4.01. The lowest BCUT2D eigenvalue weighted by Crippen LogP contribution is -2.54. The third-order valence-electron chi connectivity index (χ3n) is 3.80. The first-order chi connectivity index (χ1) is 9.27. The van der Waals surface area contributed by atoms with E-state index in [1.165, 1.54) is 0 Å². The van der Waals surface area contributed by atoms with E-state index in [9.17, 15) is 27.6 Å². The molecule has 2 rings (SSSR count). The smallest absolute Gasteiger partial charge is 0.324 e. The molecule has 0 spiro atoms. The van der Waals surface area contributed by atoms with Crippen molar-refractivity contribution in [1.82, 2.24) is 10.2 Å². The first kappa shape index (κ1) is 14.8. The lowest BCUT2D eigenvalue weighted by molar-refractivity contribution is -0.185. The molecule has 5 nitrogen and oxygen atoms in total. The number of amides is 3. The molecule has 2 fully saturated rings. The zero-order valence-electron chi connectivity index (χ0n) is 10.7. The van der Waals surface area contributed by atoms with Crippen LogP contribution in [0.3, 0.4) is 0 Å². The molecule has 0 aromatic heterocycles. The molecular formula is C12H15F3N2O3. The van der Waals surface area contributed by atoms with Gasteiger partial charge in [0.1, 0.15) is 13.1 Å². The van der Waals surface area contributed by atoms with E-state index >= 15 is 0 Å². The Morgan fingerprint density at radius 1 is 1.05 bits per heavy atom. The maximum absolute atomic E-state index is 12.5. The van der Waals surface area contributed by atoms with Crippen LogP contribution in [0.2, 0.25) is 0 Å². The van der Waals surface area contributed by atoms with Crippen molar-refractivity contribution in [2.24, 2.45) is 11.8 Å². The first-order valence-corrected chi connectivity index (χ1v) is 6.45. The van der Waals surface area contributed by atoms with Crippen molar-refractivity contribution in [3.63, 3.8) is 0 Å². The van der Waals surface area contributed by atoms with Gasteiger partial charge in [0, 0.05) is 5.92 Å². The van der Waals surface area contributed by atoms with Crippen LogP contribution in [-0.2, 0) is 14.4 Å². The van der Waals surface area contributed by atoms with Gasteiger partial charge in [0.2, 0.25) is 17.7 Å². The zero-order valence-corrected chi connectivity index (χ0v) is 10.7. The van der Waals surface area contributed by atoms with E-state index in [1.54, 1.807) is 0 Å². The number of imide groups is 1. The molecule has 0 aromatic rings. The predicted octanol–water partition coefficient (Wildman–Crippen LogP) is 0.840. The first-order valence-electron chi connectivity index (χ1n) is 6.45. The number of piperazine rings is 1. The van der Waals surface area contributed by atoms with Gasteiger partial charge in [-0.2, -0.15) is 13.2 Å². The van der Waals surface area contributed by atoms with Gasteiger partial charge in [0.05, 0.1) is 5.92 Å². The summed E-state index contributed by atoms with van der Waals surface area (Å²) < 4.78 is 37.6. The number of hydrogen-bond donors (Lipinski definition) is 1. The van der Waals surface area contributed by atoms with Crippen LogP contribution < -0.4 is 5.32 Å². The minimum absolute atomic E-state index is 0.0755. The summed E-state index contributed by atoms with van der Waals surface area (Å²) in [5.41, 5.74) is 0. The van der Waals surface area contributed by atoms with E-state index < -0.39 is 35.7 Å². The van der Waals surface area contributed by atoms with Gasteiger partial charge in [0.25, 0.3) is 0 Å². The molecule has 0 radical (unpaired) electrons. The Hall–Kier alpha value is -1.60. The van der Waals surface area contributed by atoms with Crippen LogP contribution in [0.15, 0.2) is 0 Å². The summed E-state index contributed by atoms with van der Waals surface area (Å²) in [5, 5.41) is 2.07. The predicted molar refractivity (Wildman–Crippen MR) is 61.2 cm³/mol. The Morgan fingerprint density at radius 3 is 2.00 bits per heavy atom. The second-order valence-electron chi connectivity index (χ2n) is 5.26. The molecule has 1 aliphatic carbocycles. The molecule has 2 aliphatic rings. The van der Waals surface area contributed by atoms with Gasteiger partial charge in [-0.3, -0.25) is 19.7 Å². The van der Waals surface area contributed by atoms with Gasteiger partial charge in [0.15, 0.2) is 0 Å². The van der Waals surface area contributed by atoms with Crippen LogP contribution in [0.1, 0.15) is 25.7 Å². The van der Waals surface area contributed by atoms with Gasteiger partial charge in [-0.15, -0.1) is 0 Å². The number of halogens is 3. The van der Waals surface area contributed by atoms with Crippen LogP contribution in [0.4, 0.5) is 13.2 Å². The van der Waals surface area contributed by atoms with Crippen molar-refractivity contribution in [2.75, 3.05) is 13.1 Å². The fourth-order valence-electron chi connectivity index (χ4n) is 2.72. The normalized spacial score (nSPS) is 28.2. The second kappa shape index (κ2) is 5.41. The summed E-state index contributed by atoms with van der Waals surface area (Å²) in [5.74, 6) is -3.38. The van der Waals surface area contributed by atoms with Gasteiger partial charge in [-0.1, -0.05) is 0 Å². The average Bonchev–Trinajstić information content (AvgIpc) is 2.36. The minimum atomic E-state index is -4.21. The molecule has 0 unspecified atom stereocenters. The molecular weight excluding hydrogens is 277 g/mol. The molecule has 20 heavy (non-hydrogen) atoms. The average molecular weight is 292 g/mol. The standard InChI is InChI=1S/C12H15F3N2O3/c13-12(14,15)8-3-1-7(2-4-8)11(20)17-5-9(18)16-10(19)6-17/h7-8H,1-6H2,(H,16,18,19). The summed E-state index contributed by atoms with van der Waals surface area (Å²) in [7, 11) is 0. The molecule has 1 N–H and O–H groups in total. The molecule has 1 saturated heterocycles. The van der Waals surface area contributed by atoms with Crippen LogP contribution in [0.25, 0.3) is 0 Å². The summed E-state index contributed by atoms with van der Waals surface area (Å²) in [4.78, 5) is 35.6. The van der Waals surface area contributed by atoms with E-state index in [0.29, 0.717) is 0 Å². The lowest BCUT2D eigenvalue weighted by Gasteiger charge is -2.33. The topological polar surface area (TPSA) is 66.5 Å². The third-order valence-corrected chi connectivity index (χ3v) is 3.80. The summed E-state index contributed by atoms with van der Waals surface area (Å²) >= 11 is 0. The second-order valence-corrected chi connectivity index (χ2v) is 5.26. The van der Waals surface area contributed by atoms with Crippen molar-refractivity contribution in [1.29, 1.82) is 0 Å². The third kappa shape index (κ3) is 3.29. The van der Waals surface area contributed by atoms with Gasteiger partial charge < -0.3 is 4.90 Å². The van der Waals surface area contributed by atoms with Crippen LogP contribution in [-0.4, -0.2) is 41.9 Å². The van der Waals surface area contributed by atoms with Gasteiger partial charge in [-0.25, -0.2) is 0 Å². The van der Waals surface area contributed by atoms with Crippen molar-refractivity contribution >= 4 is 17.7 Å². The Bertz CT molecular complexity index is 412. The van der Waals surface area contributed by atoms with Crippen molar-refractivity contribution < 1.29 is 27.6 Å². The highest BCUT2D eigenvalue weighted by molar-refractivity contribution is 6.02. The van der Waals surface area contributed by atoms with Gasteiger partial charge >= 0.3 is 6.18 Å². The maximum atomic E-state index is 12.5. The monoisotopic (exact) mass is 292 g/mol. The number of rotatable bonds is 1. The number of carbonyl (C=O) groups excluding carboxylic acids is 3. The van der Waals surface area contributed by atoms with Crippen molar-refractivity contribution in [3.05, 3.63) is 0 Å². The Balaban J connectivity index is 1.92. The number of nitrogens with zero attached hydrogens (tertiary/aromatic N) is 1. The van der Waals surface area contributed by atoms with E-state index in [4.69, 9.17) is 0 Å². The Morgan fingerprint density at radius 2 is 1.55 bits per heavy atom. The van der Waals surface area contributed by atoms with E-state index in [-0.39, 0.29) is 38.8 Å². The summed E-state index contributed by atoms with van der Waals surface area (Å²) in [6.07, 6.45) is -4.07. The van der Waals surface area contributed by atoms with E-state index in [0.717, 1.165) is 4.90 Å². The lowest BCUT2D eigenvalue weighted by atomic mass is 9.81. The molecule has 1 saturated carbocycles. The quantitative estimate of drug-likeness (QED) is 0.728. The molecule has 1 aliphatic heterocycles. The number of alkyl halides is 3. The molecule has 8 heteroatoms. The summed E-state index contributed by atoms with van der Waals surface area (Å²) in [6, 6.07) is 0. The highest BCUT2D eigenvalue weighted by Gasteiger charge is 2.43.